The summed E-state index contributed by atoms with van der Waals surface area (Å²) in [6.07, 6.45) is 0. The maximum atomic E-state index is 12.7. The van der Waals surface area contributed by atoms with Crippen molar-refractivity contribution in [2.45, 2.75) is 20.8 Å². The van der Waals surface area contributed by atoms with Crippen LogP contribution in [0.5, 0.6) is 0 Å². The first-order valence-electron chi connectivity index (χ1n) is 7.03. The van der Waals surface area contributed by atoms with Gasteiger partial charge < -0.3 is 5.32 Å². The molecule has 1 aromatic rings. The van der Waals surface area contributed by atoms with Gasteiger partial charge in [0.15, 0.2) is 0 Å². The van der Waals surface area contributed by atoms with Crippen LogP contribution in [0, 0.1) is 13.8 Å². The molecule has 1 aromatic carbocycles. The number of amides is 2. The van der Waals surface area contributed by atoms with Crippen LogP contribution in [-0.4, -0.2) is 43.2 Å². The van der Waals surface area contributed by atoms with Gasteiger partial charge in [0.2, 0.25) is 0 Å². The summed E-state index contributed by atoms with van der Waals surface area (Å²) in [6, 6.07) is 6.23. The van der Waals surface area contributed by atoms with Gasteiger partial charge in [-0.1, -0.05) is 18.2 Å². The Labute approximate surface area is 115 Å². The summed E-state index contributed by atoms with van der Waals surface area (Å²) in [6.45, 7) is 10.6. The highest BCUT2D eigenvalue weighted by molar-refractivity contribution is 5.86. The van der Waals surface area contributed by atoms with Crippen molar-refractivity contribution >= 4 is 11.7 Å². The summed E-state index contributed by atoms with van der Waals surface area (Å²) in [5, 5.41) is 6.47. The van der Waals surface area contributed by atoms with Crippen molar-refractivity contribution in [1.29, 1.82) is 0 Å². The van der Waals surface area contributed by atoms with Crippen molar-refractivity contribution in [2.24, 2.45) is 0 Å². The number of urea groups is 1. The molecule has 0 unspecified atom stereocenters. The zero-order valence-corrected chi connectivity index (χ0v) is 12.1. The minimum Gasteiger partial charge on any atom is -0.306 e. The van der Waals surface area contributed by atoms with Crippen molar-refractivity contribution < 1.29 is 9.28 Å². The number of para-hydroxylation sites is 1. The lowest BCUT2D eigenvalue weighted by molar-refractivity contribution is -0.848. The first-order valence-corrected chi connectivity index (χ1v) is 7.03. The van der Waals surface area contributed by atoms with Gasteiger partial charge in [0, 0.05) is 13.1 Å². The zero-order valence-electron chi connectivity index (χ0n) is 12.1. The molecule has 4 heteroatoms. The number of carbonyl (C=O) groups is 1. The van der Waals surface area contributed by atoms with Crippen LogP contribution in [0.3, 0.4) is 0 Å². The lowest BCUT2D eigenvalue weighted by Gasteiger charge is -2.38. The fourth-order valence-electron chi connectivity index (χ4n) is 2.72. The van der Waals surface area contributed by atoms with Crippen LogP contribution in [0.2, 0.25) is 0 Å². The fraction of sp³-hybridized carbons (Fsp3) is 0.533. The van der Waals surface area contributed by atoms with Gasteiger partial charge in [0.1, 0.15) is 0 Å². The van der Waals surface area contributed by atoms with E-state index >= 15 is 0 Å². The van der Waals surface area contributed by atoms with Crippen molar-refractivity contribution in [1.82, 2.24) is 5.32 Å². The lowest BCUT2D eigenvalue weighted by Crippen LogP contribution is -2.63. The Hall–Kier alpha value is -1.39. The minimum absolute atomic E-state index is 0.126. The predicted molar refractivity (Wildman–Crippen MR) is 78.3 cm³/mol. The number of hydrogen-bond donors (Lipinski definition) is 2. The molecular weight excluding hydrogens is 238 g/mol. The number of aryl methyl sites for hydroxylation is 2. The van der Waals surface area contributed by atoms with E-state index in [1.54, 1.807) is 0 Å². The highest BCUT2D eigenvalue weighted by Gasteiger charge is 2.36. The van der Waals surface area contributed by atoms with Crippen molar-refractivity contribution in [2.75, 3.05) is 38.0 Å². The summed E-state index contributed by atoms with van der Waals surface area (Å²) in [5.41, 5.74) is 3.22. The van der Waals surface area contributed by atoms with E-state index in [1.165, 1.54) is 0 Å². The van der Waals surface area contributed by atoms with E-state index < -0.39 is 0 Å². The number of hydrogen-bond acceptors (Lipinski definition) is 2. The Morgan fingerprint density at radius 1 is 1.26 bits per heavy atom. The quantitative estimate of drug-likeness (QED) is 0.803. The highest BCUT2D eigenvalue weighted by atomic mass is 16.2. The maximum Gasteiger partial charge on any atom is 0.421 e. The van der Waals surface area contributed by atoms with E-state index in [0.29, 0.717) is 4.48 Å². The SMILES string of the molecule is CC[N+]1(C(=O)Nc2c(C)cccc2C)CCNCC1. The zero-order chi connectivity index (χ0) is 13.9. The third kappa shape index (κ3) is 2.80. The summed E-state index contributed by atoms with van der Waals surface area (Å²) in [7, 11) is 0. The number of likely N-dealkylation sites (N-methyl/N-ethyl adjacent to an activating group) is 1. The molecule has 1 aliphatic heterocycles. The molecular formula is C15H24N3O+. The summed E-state index contributed by atoms with van der Waals surface area (Å²) in [4.78, 5) is 12.7. The van der Waals surface area contributed by atoms with Crippen LogP contribution >= 0.6 is 0 Å². The van der Waals surface area contributed by atoms with Gasteiger partial charge in [0.05, 0.1) is 25.3 Å². The lowest BCUT2D eigenvalue weighted by atomic mass is 10.1. The number of nitrogens with one attached hydrogen (secondary N) is 2. The number of anilines is 1. The number of piperazine rings is 1. The van der Waals surface area contributed by atoms with Gasteiger partial charge in [-0.3, -0.25) is 5.32 Å². The first-order chi connectivity index (χ1) is 9.09. The van der Waals surface area contributed by atoms with Gasteiger partial charge in [-0.15, -0.1) is 0 Å². The fourth-order valence-corrected chi connectivity index (χ4v) is 2.72. The number of rotatable bonds is 2. The number of benzene rings is 1. The molecule has 1 saturated heterocycles. The molecule has 2 amide bonds. The monoisotopic (exact) mass is 262 g/mol. The normalized spacial score (nSPS) is 18.1. The number of quaternary nitrogens is 1. The topological polar surface area (TPSA) is 41.1 Å². The molecule has 0 saturated carbocycles. The Morgan fingerprint density at radius 3 is 2.37 bits per heavy atom. The van der Waals surface area contributed by atoms with E-state index in [2.05, 4.69) is 17.6 Å². The van der Waals surface area contributed by atoms with E-state index in [-0.39, 0.29) is 6.03 Å². The van der Waals surface area contributed by atoms with Gasteiger partial charge in [-0.2, -0.15) is 0 Å². The molecule has 2 N–H and O–H groups in total. The Balaban J connectivity index is 2.20. The molecule has 19 heavy (non-hydrogen) atoms. The van der Waals surface area contributed by atoms with E-state index in [0.717, 1.165) is 49.5 Å². The standard InChI is InChI=1S/C15H23N3O/c1-4-18(10-8-16-9-11-18)15(19)17-14-12(2)6-5-7-13(14)3/h5-7,16H,4,8-11H2,1-3H3/p+1. The van der Waals surface area contributed by atoms with Crippen LogP contribution in [0.4, 0.5) is 10.5 Å². The third-order valence-corrected chi connectivity index (χ3v) is 4.18. The summed E-state index contributed by atoms with van der Waals surface area (Å²) in [5.74, 6) is 0. The summed E-state index contributed by atoms with van der Waals surface area (Å²) < 4.78 is 0.529. The van der Waals surface area contributed by atoms with Crippen LogP contribution in [0.25, 0.3) is 0 Å². The Kier molecular flexibility index (Phi) is 4.22. The molecule has 0 aromatic heterocycles. The Morgan fingerprint density at radius 2 is 1.84 bits per heavy atom. The second-order valence-corrected chi connectivity index (χ2v) is 5.36. The predicted octanol–water partition coefficient (Wildman–Crippen LogP) is 2.28. The van der Waals surface area contributed by atoms with Crippen LogP contribution in [0.1, 0.15) is 18.1 Å². The molecule has 1 fully saturated rings. The molecule has 0 bridgehead atoms. The van der Waals surface area contributed by atoms with Gasteiger partial charge in [-0.25, -0.2) is 9.28 Å². The molecule has 4 nitrogen and oxygen atoms in total. The molecule has 2 rings (SSSR count). The average molecular weight is 262 g/mol. The summed E-state index contributed by atoms with van der Waals surface area (Å²) >= 11 is 0. The minimum atomic E-state index is 0.126. The molecule has 0 aliphatic carbocycles. The molecule has 1 heterocycles. The van der Waals surface area contributed by atoms with Crippen LogP contribution in [-0.2, 0) is 0 Å². The number of nitrogens with zero attached hydrogens (tertiary/aromatic N) is 1. The largest absolute Gasteiger partial charge is 0.421 e. The second kappa shape index (κ2) is 5.72. The van der Waals surface area contributed by atoms with Gasteiger partial charge in [0.25, 0.3) is 0 Å². The van der Waals surface area contributed by atoms with E-state index in [4.69, 9.17) is 0 Å². The second-order valence-electron chi connectivity index (χ2n) is 5.36. The first kappa shape index (κ1) is 14.0. The number of carbonyl (C=O) groups excluding carboxylic acids is 1. The van der Waals surface area contributed by atoms with E-state index in [1.807, 2.05) is 32.0 Å². The van der Waals surface area contributed by atoms with Crippen LogP contribution < -0.4 is 10.6 Å². The Bertz CT molecular complexity index is 444. The van der Waals surface area contributed by atoms with E-state index in [9.17, 15) is 4.79 Å². The molecule has 0 atom stereocenters. The highest BCUT2D eigenvalue weighted by Crippen LogP contribution is 2.21. The van der Waals surface area contributed by atoms with Crippen molar-refractivity contribution in [3.8, 4) is 0 Å². The average Bonchev–Trinajstić information content (AvgIpc) is 2.43. The van der Waals surface area contributed by atoms with Crippen molar-refractivity contribution in [3.63, 3.8) is 0 Å². The molecule has 1 aliphatic rings. The smallest absolute Gasteiger partial charge is 0.306 e. The van der Waals surface area contributed by atoms with Crippen molar-refractivity contribution in [3.05, 3.63) is 29.3 Å². The van der Waals surface area contributed by atoms with Gasteiger partial charge >= 0.3 is 6.03 Å². The van der Waals surface area contributed by atoms with Crippen LogP contribution in [0.15, 0.2) is 18.2 Å². The molecule has 0 spiro atoms. The maximum absolute atomic E-state index is 12.7. The molecule has 0 radical (unpaired) electrons. The van der Waals surface area contributed by atoms with Gasteiger partial charge in [-0.05, 0) is 31.9 Å². The molecule has 104 valence electrons. The third-order valence-electron chi connectivity index (χ3n) is 4.18.